The lowest BCUT2D eigenvalue weighted by atomic mass is 10.0. The van der Waals surface area contributed by atoms with E-state index in [1.807, 2.05) is 12.3 Å². The number of aliphatic imine (C=N–C) groups is 1. The normalized spacial score (nSPS) is 16.6. The van der Waals surface area contributed by atoms with E-state index in [0.29, 0.717) is 5.84 Å². The number of nitrogens with one attached hydrogen (secondary N) is 1. The molecule has 3 N–H and O–H groups in total. The van der Waals surface area contributed by atoms with Gasteiger partial charge in [-0.15, -0.1) is 0 Å². The van der Waals surface area contributed by atoms with Crippen molar-refractivity contribution in [2.75, 3.05) is 31.1 Å². The molecule has 0 bridgehead atoms. The average Bonchev–Trinajstić information content (AvgIpc) is 3.07. The molecule has 2 aromatic carbocycles. The zero-order chi connectivity index (χ0) is 17.5. The number of rotatable bonds is 2. The Hall–Kier alpha value is -2.99. The number of amidine groups is 1. The van der Waals surface area contributed by atoms with Crippen molar-refractivity contribution >= 4 is 28.4 Å². The summed E-state index contributed by atoms with van der Waals surface area (Å²) < 4.78 is 0. The second-order valence-corrected chi connectivity index (χ2v) is 6.79. The summed E-state index contributed by atoms with van der Waals surface area (Å²) in [4.78, 5) is 16.2. The molecule has 0 radical (unpaired) electrons. The number of piperazine rings is 1. The van der Waals surface area contributed by atoms with E-state index >= 15 is 0 Å². The van der Waals surface area contributed by atoms with Crippen molar-refractivity contribution < 1.29 is 0 Å². The molecule has 0 spiro atoms. The standard InChI is InChI=1S/C20H20N6/c21-19-11-15-2-1-13(9-17(15)24-19)14-3-4-16-18(10-14)25-20(12-23-16)26-7-5-22-6-8-26/h1-4,9-10,12,22H,5-8,11H2,(H2,21,24). The maximum atomic E-state index is 5.86. The number of fused-ring (bicyclic) bond motifs is 2. The summed E-state index contributed by atoms with van der Waals surface area (Å²) in [6.45, 7) is 3.89. The van der Waals surface area contributed by atoms with Crippen LogP contribution in [0.25, 0.3) is 22.2 Å². The van der Waals surface area contributed by atoms with E-state index in [4.69, 9.17) is 10.7 Å². The fraction of sp³-hybridized carbons (Fsp3) is 0.250. The summed E-state index contributed by atoms with van der Waals surface area (Å²) in [5.41, 5.74) is 12.1. The summed E-state index contributed by atoms with van der Waals surface area (Å²) in [6, 6.07) is 12.6. The second kappa shape index (κ2) is 6.07. The molecule has 0 amide bonds. The number of nitrogens with two attached hydrogens (primary N) is 1. The third kappa shape index (κ3) is 2.68. The van der Waals surface area contributed by atoms with Crippen molar-refractivity contribution in [2.24, 2.45) is 10.7 Å². The average molecular weight is 344 g/mol. The molecule has 3 aromatic rings. The molecule has 6 heteroatoms. The van der Waals surface area contributed by atoms with Crippen molar-refractivity contribution in [2.45, 2.75) is 6.42 Å². The summed E-state index contributed by atoms with van der Waals surface area (Å²) in [5.74, 6) is 1.63. The van der Waals surface area contributed by atoms with E-state index in [0.717, 1.165) is 66.3 Å². The first-order valence-electron chi connectivity index (χ1n) is 8.95. The topological polar surface area (TPSA) is 79.4 Å². The zero-order valence-corrected chi connectivity index (χ0v) is 14.4. The van der Waals surface area contributed by atoms with Crippen LogP contribution in [0.3, 0.4) is 0 Å². The molecule has 1 saturated heterocycles. The first kappa shape index (κ1) is 15.3. The van der Waals surface area contributed by atoms with Gasteiger partial charge in [-0.3, -0.25) is 4.98 Å². The van der Waals surface area contributed by atoms with Crippen molar-refractivity contribution in [1.29, 1.82) is 0 Å². The van der Waals surface area contributed by atoms with Crippen LogP contribution in [-0.2, 0) is 6.42 Å². The van der Waals surface area contributed by atoms with E-state index in [9.17, 15) is 0 Å². The summed E-state index contributed by atoms with van der Waals surface area (Å²) >= 11 is 0. The maximum absolute atomic E-state index is 5.86. The summed E-state index contributed by atoms with van der Waals surface area (Å²) in [5, 5.41) is 3.37. The molecule has 2 aliphatic heterocycles. The molecule has 0 atom stereocenters. The third-order valence-electron chi connectivity index (χ3n) is 5.02. The smallest absolute Gasteiger partial charge is 0.147 e. The molecule has 0 aliphatic carbocycles. The van der Waals surface area contributed by atoms with Gasteiger partial charge in [0.1, 0.15) is 11.7 Å². The molecule has 5 rings (SSSR count). The van der Waals surface area contributed by atoms with Crippen LogP contribution in [0.2, 0.25) is 0 Å². The highest BCUT2D eigenvalue weighted by Gasteiger charge is 2.15. The minimum Gasteiger partial charge on any atom is -0.387 e. The molecule has 2 aliphatic rings. The van der Waals surface area contributed by atoms with E-state index in [2.05, 4.69) is 50.5 Å². The quantitative estimate of drug-likeness (QED) is 0.745. The van der Waals surface area contributed by atoms with Crippen LogP contribution in [-0.4, -0.2) is 42.0 Å². The highest BCUT2D eigenvalue weighted by atomic mass is 15.2. The van der Waals surface area contributed by atoms with Gasteiger partial charge in [0.25, 0.3) is 0 Å². The second-order valence-electron chi connectivity index (χ2n) is 6.79. The Morgan fingerprint density at radius 3 is 2.65 bits per heavy atom. The Balaban J connectivity index is 1.53. The molecule has 1 fully saturated rings. The lowest BCUT2D eigenvalue weighted by Crippen LogP contribution is -2.43. The molecular formula is C20H20N6. The Morgan fingerprint density at radius 2 is 1.77 bits per heavy atom. The lowest BCUT2D eigenvalue weighted by molar-refractivity contribution is 0.585. The molecule has 0 unspecified atom stereocenters. The van der Waals surface area contributed by atoms with E-state index < -0.39 is 0 Å². The van der Waals surface area contributed by atoms with Crippen LogP contribution in [0.15, 0.2) is 47.6 Å². The van der Waals surface area contributed by atoms with Crippen molar-refractivity contribution in [3.05, 3.63) is 48.2 Å². The van der Waals surface area contributed by atoms with E-state index in [-0.39, 0.29) is 0 Å². The predicted molar refractivity (Wildman–Crippen MR) is 105 cm³/mol. The molecule has 0 saturated carbocycles. The number of nitrogens with zero attached hydrogens (tertiary/aromatic N) is 4. The van der Waals surface area contributed by atoms with Gasteiger partial charge >= 0.3 is 0 Å². The van der Waals surface area contributed by atoms with Gasteiger partial charge in [0.05, 0.1) is 22.9 Å². The monoisotopic (exact) mass is 344 g/mol. The SMILES string of the molecule is NC1=Nc2cc(-c3ccc4ncc(N5CCNCC5)nc4c3)ccc2C1. The van der Waals surface area contributed by atoms with Crippen LogP contribution >= 0.6 is 0 Å². The van der Waals surface area contributed by atoms with Crippen LogP contribution in [0, 0.1) is 0 Å². The van der Waals surface area contributed by atoms with Crippen LogP contribution < -0.4 is 16.0 Å². The molecule has 130 valence electrons. The van der Waals surface area contributed by atoms with E-state index in [1.165, 1.54) is 5.56 Å². The number of aromatic nitrogens is 2. The summed E-state index contributed by atoms with van der Waals surface area (Å²) in [6.07, 6.45) is 2.62. The van der Waals surface area contributed by atoms with Gasteiger partial charge in [-0.2, -0.15) is 0 Å². The first-order chi connectivity index (χ1) is 12.8. The van der Waals surface area contributed by atoms with Crippen molar-refractivity contribution in [3.8, 4) is 11.1 Å². The predicted octanol–water partition coefficient (Wildman–Crippen LogP) is 2.25. The van der Waals surface area contributed by atoms with Gasteiger partial charge in [-0.05, 0) is 34.9 Å². The van der Waals surface area contributed by atoms with Crippen molar-refractivity contribution in [3.63, 3.8) is 0 Å². The van der Waals surface area contributed by atoms with Gasteiger partial charge in [0.15, 0.2) is 0 Å². The lowest BCUT2D eigenvalue weighted by Gasteiger charge is -2.28. The molecule has 26 heavy (non-hydrogen) atoms. The fourth-order valence-corrected chi connectivity index (χ4v) is 3.61. The largest absolute Gasteiger partial charge is 0.387 e. The molecule has 1 aromatic heterocycles. The summed E-state index contributed by atoms with van der Waals surface area (Å²) in [7, 11) is 0. The van der Waals surface area contributed by atoms with Crippen LogP contribution in [0.4, 0.5) is 11.5 Å². The van der Waals surface area contributed by atoms with Gasteiger partial charge in [-0.25, -0.2) is 9.98 Å². The zero-order valence-electron chi connectivity index (χ0n) is 14.4. The third-order valence-corrected chi connectivity index (χ3v) is 5.02. The van der Waals surface area contributed by atoms with E-state index in [1.54, 1.807) is 0 Å². The maximum Gasteiger partial charge on any atom is 0.147 e. The highest BCUT2D eigenvalue weighted by molar-refractivity contribution is 5.92. The van der Waals surface area contributed by atoms with Gasteiger partial charge in [-0.1, -0.05) is 18.2 Å². The number of hydrogen-bond donors (Lipinski definition) is 2. The first-order valence-corrected chi connectivity index (χ1v) is 8.95. The fourth-order valence-electron chi connectivity index (χ4n) is 3.61. The Kier molecular flexibility index (Phi) is 3.57. The van der Waals surface area contributed by atoms with Crippen molar-refractivity contribution in [1.82, 2.24) is 15.3 Å². The Labute approximate surface area is 151 Å². The molecule has 3 heterocycles. The number of anilines is 1. The van der Waals surface area contributed by atoms with Gasteiger partial charge in [0, 0.05) is 32.6 Å². The number of hydrogen-bond acceptors (Lipinski definition) is 6. The minimum atomic E-state index is 0.683. The number of benzene rings is 2. The highest BCUT2D eigenvalue weighted by Crippen LogP contribution is 2.32. The Bertz CT molecular complexity index is 1020. The van der Waals surface area contributed by atoms with Gasteiger partial charge < -0.3 is 16.0 Å². The van der Waals surface area contributed by atoms with Crippen LogP contribution in [0.1, 0.15) is 5.56 Å². The van der Waals surface area contributed by atoms with Gasteiger partial charge in [0.2, 0.25) is 0 Å². The van der Waals surface area contributed by atoms with Crippen LogP contribution in [0.5, 0.6) is 0 Å². The molecule has 6 nitrogen and oxygen atoms in total. The molecular weight excluding hydrogens is 324 g/mol. The minimum absolute atomic E-state index is 0.683. The Morgan fingerprint density at radius 1 is 0.962 bits per heavy atom.